The van der Waals surface area contributed by atoms with Gasteiger partial charge in [0, 0.05) is 18.0 Å². The third-order valence-corrected chi connectivity index (χ3v) is 2.85. The molecule has 0 spiro atoms. The monoisotopic (exact) mass is 258 g/mol. The molecule has 0 saturated heterocycles. The number of benzene rings is 1. The van der Waals surface area contributed by atoms with Crippen LogP contribution in [0.2, 0.25) is 0 Å². The van der Waals surface area contributed by atoms with Gasteiger partial charge in [0.1, 0.15) is 17.3 Å². The Morgan fingerprint density at radius 2 is 2.00 bits per heavy atom. The van der Waals surface area contributed by atoms with E-state index in [0.29, 0.717) is 11.6 Å². The van der Waals surface area contributed by atoms with Crippen LogP contribution in [0.25, 0.3) is 0 Å². The number of thiocarbonyl (C=S) groups is 1. The summed E-state index contributed by atoms with van der Waals surface area (Å²) in [7, 11) is 0. The van der Waals surface area contributed by atoms with Crippen molar-refractivity contribution in [3.8, 4) is 5.75 Å². The smallest absolute Gasteiger partial charge is 0.123 e. The van der Waals surface area contributed by atoms with Crippen molar-refractivity contribution in [1.82, 2.24) is 4.98 Å². The first kappa shape index (κ1) is 12.5. The number of nitrogens with zero attached hydrogens (tertiary/aromatic N) is 1. The van der Waals surface area contributed by atoms with Crippen LogP contribution in [0, 0.1) is 6.92 Å². The van der Waals surface area contributed by atoms with E-state index < -0.39 is 0 Å². The molecule has 0 unspecified atom stereocenters. The molecule has 4 heteroatoms. The third kappa shape index (κ3) is 3.05. The maximum Gasteiger partial charge on any atom is 0.123 e. The third-order valence-electron chi connectivity index (χ3n) is 2.62. The van der Waals surface area contributed by atoms with Gasteiger partial charge in [0.05, 0.1) is 0 Å². The first-order chi connectivity index (χ1) is 8.66. The van der Waals surface area contributed by atoms with Gasteiger partial charge in [0.25, 0.3) is 0 Å². The fourth-order valence-corrected chi connectivity index (χ4v) is 1.68. The summed E-state index contributed by atoms with van der Waals surface area (Å²) in [6.45, 7) is 2.50. The van der Waals surface area contributed by atoms with Gasteiger partial charge >= 0.3 is 0 Å². The van der Waals surface area contributed by atoms with E-state index in [9.17, 15) is 0 Å². The largest absolute Gasteiger partial charge is 0.489 e. The molecule has 2 rings (SSSR count). The van der Waals surface area contributed by atoms with E-state index in [-0.39, 0.29) is 0 Å². The highest BCUT2D eigenvalue weighted by Gasteiger charge is 2.04. The van der Waals surface area contributed by atoms with Crippen molar-refractivity contribution in [2.75, 3.05) is 0 Å². The molecule has 0 radical (unpaired) electrons. The molecular weight excluding hydrogens is 244 g/mol. The first-order valence-electron chi connectivity index (χ1n) is 5.59. The minimum absolute atomic E-state index is 0.378. The van der Waals surface area contributed by atoms with Crippen molar-refractivity contribution in [1.29, 1.82) is 0 Å². The SMILES string of the molecule is Cc1ccc(C(N)=S)cc1OCc1ccncc1. The van der Waals surface area contributed by atoms with Gasteiger partial charge in [0.15, 0.2) is 0 Å². The molecule has 0 bridgehead atoms. The van der Waals surface area contributed by atoms with Crippen molar-refractivity contribution in [2.45, 2.75) is 13.5 Å². The van der Waals surface area contributed by atoms with Crippen molar-refractivity contribution in [2.24, 2.45) is 5.73 Å². The predicted octanol–water partition coefficient (Wildman–Crippen LogP) is 2.60. The van der Waals surface area contributed by atoms with Crippen LogP contribution in [0.15, 0.2) is 42.7 Å². The minimum Gasteiger partial charge on any atom is -0.489 e. The lowest BCUT2D eigenvalue weighted by Crippen LogP contribution is -2.09. The summed E-state index contributed by atoms with van der Waals surface area (Å²) < 4.78 is 5.77. The zero-order valence-corrected chi connectivity index (χ0v) is 10.9. The number of aryl methyl sites for hydroxylation is 1. The van der Waals surface area contributed by atoms with E-state index in [4.69, 9.17) is 22.7 Å². The van der Waals surface area contributed by atoms with Crippen LogP contribution in [-0.4, -0.2) is 9.97 Å². The average molecular weight is 258 g/mol. The van der Waals surface area contributed by atoms with Gasteiger partial charge in [-0.25, -0.2) is 0 Å². The van der Waals surface area contributed by atoms with Gasteiger partial charge in [-0.1, -0.05) is 24.4 Å². The van der Waals surface area contributed by atoms with E-state index in [1.807, 2.05) is 37.3 Å². The maximum absolute atomic E-state index is 5.77. The van der Waals surface area contributed by atoms with E-state index in [2.05, 4.69) is 4.98 Å². The number of aromatic nitrogens is 1. The number of ether oxygens (including phenoxy) is 1. The zero-order valence-electron chi connectivity index (χ0n) is 10.1. The Balaban J connectivity index is 2.14. The molecule has 0 aliphatic rings. The summed E-state index contributed by atoms with van der Waals surface area (Å²) in [5.74, 6) is 0.803. The Hall–Kier alpha value is -1.94. The Morgan fingerprint density at radius 3 is 2.67 bits per heavy atom. The molecule has 3 nitrogen and oxygen atoms in total. The van der Waals surface area contributed by atoms with Crippen molar-refractivity contribution < 1.29 is 4.74 Å². The summed E-state index contributed by atoms with van der Waals surface area (Å²) in [6.07, 6.45) is 3.49. The van der Waals surface area contributed by atoms with Crippen LogP contribution in [0.4, 0.5) is 0 Å². The fraction of sp³-hybridized carbons (Fsp3) is 0.143. The Labute approximate surface area is 112 Å². The van der Waals surface area contributed by atoms with Crippen LogP contribution in [0.3, 0.4) is 0 Å². The summed E-state index contributed by atoms with van der Waals surface area (Å²) in [6, 6.07) is 9.58. The van der Waals surface area contributed by atoms with Gasteiger partial charge in [0.2, 0.25) is 0 Å². The van der Waals surface area contributed by atoms with E-state index in [1.54, 1.807) is 12.4 Å². The standard InChI is InChI=1S/C14H14N2OS/c1-10-2-3-12(14(15)18)8-13(10)17-9-11-4-6-16-7-5-11/h2-8H,9H2,1H3,(H2,15,18). The lowest BCUT2D eigenvalue weighted by atomic mass is 10.1. The van der Waals surface area contributed by atoms with Crippen LogP contribution in [0.5, 0.6) is 5.75 Å². The van der Waals surface area contributed by atoms with Crippen molar-refractivity contribution >= 4 is 17.2 Å². The lowest BCUT2D eigenvalue weighted by Gasteiger charge is -2.10. The van der Waals surface area contributed by atoms with Crippen LogP contribution < -0.4 is 10.5 Å². The molecule has 18 heavy (non-hydrogen) atoms. The highest BCUT2D eigenvalue weighted by Crippen LogP contribution is 2.20. The number of nitrogens with two attached hydrogens (primary N) is 1. The number of rotatable bonds is 4. The molecule has 1 aromatic carbocycles. The summed E-state index contributed by atoms with van der Waals surface area (Å²) in [5.41, 5.74) is 8.56. The molecule has 0 amide bonds. The van der Waals surface area contributed by atoms with Crippen LogP contribution in [-0.2, 0) is 6.61 Å². The second-order valence-electron chi connectivity index (χ2n) is 3.99. The Morgan fingerprint density at radius 1 is 1.28 bits per heavy atom. The molecule has 0 saturated carbocycles. The second-order valence-corrected chi connectivity index (χ2v) is 4.43. The Bertz CT molecular complexity index is 555. The molecule has 0 fully saturated rings. The van der Waals surface area contributed by atoms with Crippen molar-refractivity contribution in [3.63, 3.8) is 0 Å². The molecule has 2 N–H and O–H groups in total. The molecule has 1 aromatic heterocycles. The van der Waals surface area contributed by atoms with Gasteiger partial charge in [-0.05, 0) is 36.2 Å². The highest BCUT2D eigenvalue weighted by molar-refractivity contribution is 7.80. The van der Waals surface area contributed by atoms with E-state index in [0.717, 1.165) is 22.4 Å². The van der Waals surface area contributed by atoms with Gasteiger partial charge < -0.3 is 10.5 Å². The minimum atomic E-state index is 0.378. The van der Waals surface area contributed by atoms with E-state index in [1.165, 1.54) is 0 Å². The first-order valence-corrected chi connectivity index (χ1v) is 6.00. The zero-order chi connectivity index (χ0) is 13.0. The number of hydrogen-bond donors (Lipinski definition) is 1. The van der Waals surface area contributed by atoms with E-state index >= 15 is 0 Å². The maximum atomic E-state index is 5.77. The number of pyridine rings is 1. The Kier molecular flexibility index (Phi) is 3.89. The topological polar surface area (TPSA) is 48.1 Å². The summed E-state index contributed by atoms with van der Waals surface area (Å²) in [5, 5.41) is 0. The molecule has 2 aromatic rings. The molecule has 0 atom stereocenters. The predicted molar refractivity (Wildman–Crippen MR) is 75.6 cm³/mol. The number of hydrogen-bond acceptors (Lipinski definition) is 3. The molecule has 0 aliphatic carbocycles. The van der Waals surface area contributed by atoms with Gasteiger partial charge in [-0.15, -0.1) is 0 Å². The molecule has 0 aliphatic heterocycles. The lowest BCUT2D eigenvalue weighted by molar-refractivity contribution is 0.304. The van der Waals surface area contributed by atoms with Gasteiger partial charge in [-0.3, -0.25) is 4.98 Å². The summed E-state index contributed by atoms with van der Waals surface area (Å²) in [4.78, 5) is 4.34. The normalized spacial score (nSPS) is 10.1. The van der Waals surface area contributed by atoms with Crippen LogP contribution in [0.1, 0.15) is 16.7 Å². The second kappa shape index (κ2) is 5.60. The average Bonchev–Trinajstić information content (AvgIpc) is 2.38. The van der Waals surface area contributed by atoms with Crippen molar-refractivity contribution in [3.05, 3.63) is 59.4 Å². The highest BCUT2D eigenvalue weighted by atomic mass is 32.1. The molecular formula is C14H14N2OS. The fourth-order valence-electron chi connectivity index (χ4n) is 1.55. The quantitative estimate of drug-likeness (QED) is 0.856. The van der Waals surface area contributed by atoms with Gasteiger partial charge in [-0.2, -0.15) is 0 Å². The summed E-state index contributed by atoms with van der Waals surface area (Å²) >= 11 is 4.96. The molecule has 92 valence electrons. The molecule has 1 heterocycles. The van der Waals surface area contributed by atoms with Crippen LogP contribution >= 0.6 is 12.2 Å².